The average Bonchev–Trinajstić information content (AvgIpc) is 3.47. The first-order valence-corrected chi connectivity index (χ1v) is 10.2. The van der Waals surface area contributed by atoms with E-state index >= 15 is 0 Å². The van der Waals surface area contributed by atoms with Crippen LogP contribution in [-0.2, 0) is 6.61 Å². The lowest BCUT2D eigenvalue weighted by Gasteiger charge is -2.10. The van der Waals surface area contributed by atoms with Gasteiger partial charge >= 0.3 is 0 Å². The lowest BCUT2D eigenvalue weighted by Crippen LogP contribution is -2.05. The SMILES string of the molecule is COc1ccc(-n2cc(OCc3nc4ccccc4n3-c3ccc(OC)cc3)cn2)cc1. The van der Waals surface area contributed by atoms with Crippen LogP contribution < -0.4 is 14.2 Å². The number of fused-ring (bicyclic) bond motifs is 1. The van der Waals surface area contributed by atoms with E-state index in [0.717, 1.165) is 39.7 Å². The minimum atomic E-state index is 0.301. The first-order valence-electron chi connectivity index (χ1n) is 10.2. The Bertz CT molecular complexity index is 1340. The van der Waals surface area contributed by atoms with Crippen molar-refractivity contribution in [3.05, 3.63) is 91.0 Å². The number of para-hydroxylation sites is 2. The summed E-state index contributed by atoms with van der Waals surface area (Å²) in [5.74, 6) is 3.07. The zero-order valence-corrected chi connectivity index (χ0v) is 17.8. The van der Waals surface area contributed by atoms with E-state index in [2.05, 4.69) is 15.7 Å². The molecule has 160 valence electrons. The summed E-state index contributed by atoms with van der Waals surface area (Å²) in [6, 6.07) is 23.6. The monoisotopic (exact) mass is 426 g/mol. The maximum atomic E-state index is 6.06. The molecule has 0 N–H and O–H groups in total. The lowest BCUT2D eigenvalue weighted by atomic mass is 10.2. The zero-order valence-electron chi connectivity index (χ0n) is 17.8. The predicted molar refractivity (Wildman–Crippen MR) is 122 cm³/mol. The van der Waals surface area contributed by atoms with E-state index < -0.39 is 0 Å². The van der Waals surface area contributed by atoms with Crippen molar-refractivity contribution in [1.82, 2.24) is 19.3 Å². The molecule has 0 aliphatic carbocycles. The first kappa shape index (κ1) is 19.7. The highest BCUT2D eigenvalue weighted by molar-refractivity contribution is 5.78. The van der Waals surface area contributed by atoms with Crippen molar-refractivity contribution in [1.29, 1.82) is 0 Å². The number of ether oxygens (including phenoxy) is 3. The van der Waals surface area contributed by atoms with Crippen LogP contribution in [0.15, 0.2) is 85.2 Å². The van der Waals surface area contributed by atoms with Gasteiger partial charge in [0.2, 0.25) is 0 Å². The van der Waals surface area contributed by atoms with Crippen LogP contribution in [0.1, 0.15) is 5.82 Å². The summed E-state index contributed by atoms with van der Waals surface area (Å²) >= 11 is 0. The second-order valence-electron chi connectivity index (χ2n) is 7.16. The smallest absolute Gasteiger partial charge is 0.158 e. The Morgan fingerprint density at radius 2 is 1.41 bits per heavy atom. The molecule has 0 aliphatic heterocycles. The van der Waals surface area contributed by atoms with Gasteiger partial charge in [0.05, 0.1) is 43.3 Å². The summed E-state index contributed by atoms with van der Waals surface area (Å²) in [5, 5.41) is 4.41. The minimum absolute atomic E-state index is 0.301. The molecule has 0 unspecified atom stereocenters. The van der Waals surface area contributed by atoms with Gasteiger partial charge in [0.15, 0.2) is 11.6 Å². The lowest BCUT2D eigenvalue weighted by molar-refractivity contribution is 0.294. The molecule has 2 heterocycles. The highest BCUT2D eigenvalue weighted by Gasteiger charge is 2.14. The molecule has 32 heavy (non-hydrogen) atoms. The van der Waals surface area contributed by atoms with Gasteiger partial charge in [0, 0.05) is 5.69 Å². The summed E-state index contributed by atoms with van der Waals surface area (Å²) in [5.41, 5.74) is 3.85. The average molecular weight is 426 g/mol. The van der Waals surface area contributed by atoms with Gasteiger partial charge in [-0.1, -0.05) is 12.1 Å². The van der Waals surface area contributed by atoms with E-state index in [4.69, 9.17) is 19.2 Å². The van der Waals surface area contributed by atoms with Crippen LogP contribution in [0, 0.1) is 0 Å². The molecule has 0 fully saturated rings. The van der Waals surface area contributed by atoms with Crippen molar-refractivity contribution in [2.45, 2.75) is 6.61 Å². The number of aromatic nitrogens is 4. The Kier molecular flexibility index (Phi) is 5.21. The Labute approximate surface area is 185 Å². The van der Waals surface area contributed by atoms with Crippen molar-refractivity contribution in [2.75, 3.05) is 14.2 Å². The molecular weight excluding hydrogens is 404 g/mol. The Morgan fingerprint density at radius 3 is 2.09 bits per heavy atom. The number of rotatable bonds is 7. The molecule has 0 atom stereocenters. The van der Waals surface area contributed by atoms with Crippen LogP contribution in [0.3, 0.4) is 0 Å². The zero-order chi connectivity index (χ0) is 21.9. The quantitative estimate of drug-likeness (QED) is 0.374. The van der Waals surface area contributed by atoms with E-state index in [1.165, 1.54) is 0 Å². The Hall–Kier alpha value is -4.26. The normalized spacial score (nSPS) is 10.9. The molecule has 0 spiro atoms. The second-order valence-corrected chi connectivity index (χ2v) is 7.16. The Morgan fingerprint density at radius 1 is 0.750 bits per heavy atom. The third kappa shape index (κ3) is 3.76. The molecule has 5 aromatic rings. The van der Waals surface area contributed by atoms with Gasteiger partial charge in [-0.2, -0.15) is 5.10 Å². The number of benzene rings is 3. The topological polar surface area (TPSA) is 63.3 Å². The van der Waals surface area contributed by atoms with Crippen LogP contribution in [0.25, 0.3) is 22.4 Å². The van der Waals surface area contributed by atoms with Gasteiger partial charge in [-0.05, 0) is 60.7 Å². The van der Waals surface area contributed by atoms with Gasteiger partial charge in [0.1, 0.15) is 18.1 Å². The molecule has 2 aromatic heterocycles. The number of hydrogen-bond donors (Lipinski definition) is 0. The fraction of sp³-hybridized carbons (Fsp3) is 0.120. The fourth-order valence-corrected chi connectivity index (χ4v) is 3.60. The molecule has 0 amide bonds. The summed E-state index contributed by atoms with van der Waals surface area (Å²) in [6.45, 7) is 0.301. The molecule has 5 rings (SSSR count). The second kappa shape index (κ2) is 8.47. The van der Waals surface area contributed by atoms with Crippen molar-refractivity contribution in [2.24, 2.45) is 0 Å². The van der Waals surface area contributed by atoms with Crippen LogP contribution in [-0.4, -0.2) is 33.6 Å². The molecule has 0 bridgehead atoms. The first-order chi connectivity index (χ1) is 15.7. The standard InChI is InChI=1S/C25H22N4O3/c1-30-20-11-7-18(8-12-20)28-16-22(15-26-28)32-17-25-27-23-5-3-4-6-24(23)29(25)19-9-13-21(31-2)14-10-19/h3-16H,17H2,1-2H3. The van der Waals surface area contributed by atoms with Crippen molar-refractivity contribution in [3.63, 3.8) is 0 Å². The van der Waals surface area contributed by atoms with Crippen LogP contribution in [0.2, 0.25) is 0 Å². The van der Waals surface area contributed by atoms with Crippen molar-refractivity contribution < 1.29 is 14.2 Å². The summed E-state index contributed by atoms with van der Waals surface area (Å²) in [7, 11) is 3.31. The summed E-state index contributed by atoms with van der Waals surface area (Å²) in [4.78, 5) is 4.80. The van der Waals surface area contributed by atoms with E-state index in [0.29, 0.717) is 12.4 Å². The maximum Gasteiger partial charge on any atom is 0.158 e. The van der Waals surface area contributed by atoms with Gasteiger partial charge < -0.3 is 14.2 Å². The van der Waals surface area contributed by atoms with Crippen LogP contribution in [0.4, 0.5) is 0 Å². The van der Waals surface area contributed by atoms with Crippen molar-refractivity contribution in [3.8, 4) is 28.6 Å². The molecular formula is C25H22N4O3. The summed E-state index contributed by atoms with van der Waals surface area (Å²) < 4.78 is 20.4. The molecule has 7 heteroatoms. The highest BCUT2D eigenvalue weighted by Crippen LogP contribution is 2.25. The van der Waals surface area contributed by atoms with Gasteiger partial charge in [0.25, 0.3) is 0 Å². The van der Waals surface area contributed by atoms with Crippen LogP contribution in [0.5, 0.6) is 17.2 Å². The summed E-state index contributed by atoms with van der Waals surface area (Å²) in [6.07, 6.45) is 3.55. The molecule has 0 radical (unpaired) electrons. The number of imidazole rings is 1. The van der Waals surface area contributed by atoms with E-state index in [-0.39, 0.29) is 0 Å². The molecule has 7 nitrogen and oxygen atoms in total. The van der Waals surface area contributed by atoms with Gasteiger partial charge in [-0.3, -0.25) is 4.57 Å². The maximum absolute atomic E-state index is 6.06. The highest BCUT2D eigenvalue weighted by atomic mass is 16.5. The van der Waals surface area contributed by atoms with Gasteiger partial charge in [-0.15, -0.1) is 0 Å². The molecule has 3 aromatic carbocycles. The third-order valence-corrected chi connectivity index (χ3v) is 5.22. The molecule has 0 saturated carbocycles. The van der Waals surface area contributed by atoms with E-state index in [9.17, 15) is 0 Å². The number of hydrogen-bond acceptors (Lipinski definition) is 5. The van der Waals surface area contributed by atoms with Crippen LogP contribution >= 0.6 is 0 Å². The van der Waals surface area contributed by atoms with Gasteiger partial charge in [-0.25, -0.2) is 9.67 Å². The number of methoxy groups -OCH3 is 2. The van der Waals surface area contributed by atoms with Crippen molar-refractivity contribution >= 4 is 11.0 Å². The largest absolute Gasteiger partial charge is 0.497 e. The van der Waals surface area contributed by atoms with E-state index in [1.807, 2.05) is 72.9 Å². The molecule has 0 saturated heterocycles. The fourth-order valence-electron chi connectivity index (χ4n) is 3.60. The minimum Gasteiger partial charge on any atom is -0.497 e. The molecule has 0 aliphatic rings. The third-order valence-electron chi connectivity index (χ3n) is 5.22. The van der Waals surface area contributed by atoms with E-state index in [1.54, 1.807) is 25.1 Å². The number of nitrogens with zero attached hydrogens (tertiary/aromatic N) is 4. The Balaban J connectivity index is 1.41. The predicted octanol–water partition coefficient (Wildman–Crippen LogP) is 4.81.